The van der Waals surface area contributed by atoms with Gasteiger partial charge in [0.25, 0.3) is 5.91 Å². The van der Waals surface area contributed by atoms with Crippen LogP contribution in [0.25, 0.3) is 11.0 Å². The topological polar surface area (TPSA) is 109 Å². The Morgan fingerprint density at radius 2 is 2.08 bits per heavy atom. The van der Waals surface area contributed by atoms with E-state index in [4.69, 9.17) is 9.15 Å². The number of rotatable bonds is 5. The number of carboxylic acids is 1. The molecule has 0 saturated carbocycles. The molecule has 0 fully saturated rings. The van der Waals surface area contributed by atoms with Gasteiger partial charge in [-0.1, -0.05) is 0 Å². The summed E-state index contributed by atoms with van der Waals surface area (Å²) < 4.78 is 10.8. The van der Waals surface area contributed by atoms with Crippen molar-refractivity contribution in [3.8, 4) is 5.75 Å². The number of ether oxygens (including phenoxy) is 1. The van der Waals surface area contributed by atoms with Crippen LogP contribution in [0.3, 0.4) is 0 Å². The van der Waals surface area contributed by atoms with Gasteiger partial charge in [-0.15, -0.1) is 0 Å². The molecule has 1 aromatic heterocycles. The smallest absolute Gasteiger partial charge is 0.339 e. The lowest BCUT2D eigenvalue weighted by Gasteiger charge is -2.15. The van der Waals surface area contributed by atoms with Gasteiger partial charge in [0.05, 0.1) is 12.5 Å². The highest BCUT2D eigenvalue weighted by molar-refractivity contribution is 5.85. The maximum absolute atomic E-state index is 12.0. The fourth-order valence-corrected chi connectivity index (χ4v) is 2.90. The van der Waals surface area contributed by atoms with Crippen molar-refractivity contribution < 1.29 is 23.8 Å². The number of nitrogens with one attached hydrogen (secondary N) is 1. The third-order valence-electron chi connectivity index (χ3n) is 4.03. The molecule has 0 spiro atoms. The average Bonchev–Trinajstić information content (AvgIpc) is 3.02. The van der Waals surface area contributed by atoms with Crippen molar-refractivity contribution in [2.45, 2.75) is 32.3 Å². The third kappa shape index (κ3) is 3.10. The molecule has 1 N–H and O–H groups in total. The summed E-state index contributed by atoms with van der Waals surface area (Å²) in [4.78, 5) is 34.1. The first-order chi connectivity index (χ1) is 11.5. The second kappa shape index (κ2) is 6.35. The first kappa shape index (κ1) is 16.0. The molecule has 0 bridgehead atoms. The number of amides is 1. The molecule has 1 atom stereocenters. The first-order valence-electron chi connectivity index (χ1n) is 7.68. The predicted molar refractivity (Wildman–Crippen MR) is 82.6 cm³/mol. The summed E-state index contributed by atoms with van der Waals surface area (Å²) in [5.74, 6) is -1.59. The molecular weight excluding hydrogens is 314 g/mol. The number of hydrogen-bond acceptors (Lipinski definition) is 6. The molecule has 1 heterocycles. The van der Waals surface area contributed by atoms with Crippen LogP contribution in [0.2, 0.25) is 0 Å². The van der Waals surface area contributed by atoms with E-state index in [0.717, 1.165) is 35.8 Å². The van der Waals surface area contributed by atoms with Crippen molar-refractivity contribution in [1.29, 1.82) is 0 Å². The molecule has 1 aliphatic carbocycles. The molecule has 2 aromatic rings. The zero-order valence-corrected chi connectivity index (χ0v) is 13.1. The molecule has 1 amide bonds. The summed E-state index contributed by atoms with van der Waals surface area (Å²) in [6.45, 7) is 0.916. The molecule has 7 heteroatoms. The van der Waals surface area contributed by atoms with Crippen LogP contribution < -0.4 is 20.8 Å². The van der Waals surface area contributed by atoms with E-state index in [1.807, 2.05) is 6.07 Å². The van der Waals surface area contributed by atoms with Gasteiger partial charge in [-0.25, -0.2) is 4.79 Å². The number of hydrogen-bond donors (Lipinski definition) is 1. The maximum Gasteiger partial charge on any atom is 0.339 e. The Bertz CT molecular complexity index is 869. The van der Waals surface area contributed by atoms with Crippen LogP contribution in [0, 0.1) is 0 Å². The lowest BCUT2D eigenvalue weighted by molar-refractivity contribution is -0.304. The monoisotopic (exact) mass is 330 g/mol. The molecule has 0 unspecified atom stereocenters. The van der Waals surface area contributed by atoms with Gasteiger partial charge in [0.2, 0.25) is 0 Å². The fourth-order valence-electron chi connectivity index (χ4n) is 2.90. The third-order valence-corrected chi connectivity index (χ3v) is 4.03. The Labute approximate surface area is 137 Å². The van der Waals surface area contributed by atoms with Crippen LogP contribution in [-0.2, 0) is 22.4 Å². The van der Waals surface area contributed by atoms with Crippen molar-refractivity contribution in [2.24, 2.45) is 0 Å². The van der Waals surface area contributed by atoms with Gasteiger partial charge in [0, 0.05) is 17.0 Å². The average molecular weight is 330 g/mol. The lowest BCUT2D eigenvalue weighted by atomic mass is 10.1. The van der Waals surface area contributed by atoms with Gasteiger partial charge in [0.1, 0.15) is 11.3 Å². The first-order valence-corrected chi connectivity index (χ1v) is 7.68. The number of aliphatic carboxylic acids is 1. The van der Waals surface area contributed by atoms with Crippen molar-refractivity contribution in [3.05, 3.63) is 39.7 Å². The second-order valence-electron chi connectivity index (χ2n) is 5.71. The number of carbonyl (C=O) groups excluding carboxylic acids is 2. The highest BCUT2D eigenvalue weighted by Crippen LogP contribution is 2.29. The van der Waals surface area contributed by atoms with Gasteiger partial charge in [-0.2, -0.15) is 0 Å². The van der Waals surface area contributed by atoms with Crippen molar-refractivity contribution in [2.75, 3.05) is 6.54 Å². The molecule has 3 rings (SSSR count). The Balaban J connectivity index is 1.81. The van der Waals surface area contributed by atoms with Crippen LogP contribution in [0.1, 0.15) is 24.5 Å². The number of carboxylic acid groups (broad SMARTS) is 1. The van der Waals surface area contributed by atoms with Crippen molar-refractivity contribution in [1.82, 2.24) is 5.32 Å². The van der Waals surface area contributed by atoms with E-state index in [-0.39, 0.29) is 5.63 Å². The molecular formula is C17H16NO6-. The lowest BCUT2D eigenvalue weighted by Crippen LogP contribution is -2.43. The van der Waals surface area contributed by atoms with E-state index < -0.39 is 24.5 Å². The second-order valence-corrected chi connectivity index (χ2v) is 5.71. The number of carbonyl (C=O) groups is 2. The summed E-state index contributed by atoms with van der Waals surface area (Å²) >= 11 is 0. The minimum atomic E-state index is -1.38. The van der Waals surface area contributed by atoms with Gasteiger partial charge < -0.3 is 24.4 Å². The maximum atomic E-state index is 12.0. The van der Waals surface area contributed by atoms with E-state index in [0.29, 0.717) is 11.3 Å². The van der Waals surface area contributed by atoms with Crippen molar-refractivity contribution >= 4 is 22.8 Å². The summed E-state index contributed by atoms with van der Waals surface area (Å²) in [7, 11) is 0. The van der Waals surface area contributed by atoms with E-state index in [9.17, 15) is 19.5 Å². The zero-order chi connectivity index (χ0) is 17.3. The predicted octanol–water partition coefficient (Wildman–Crippen LogP) is -0.0849. The van der Waals surface area contributed by atoms with Gasteiger partial charge in [0.15, 0.2) is 6.10 Å². The molecule has 0 aliphatic heterocycles. The Morgan fingerprint density at radius 1 is 1.33 bits per heavy atom. The van der Waals surface area contributed by atoms with Gasteiger partial charge in [-0.05, 0) is 43.9 Å². The number of fused-ring (bicyclic) bond motifs is 3. The molecule has 126 valence electrons. The minimum absolute atomic E-state index is 0.327. The van der Waals surface area contributed by atoms with Crippen LogP contribution in [0.15, 0.2) is 27.4 Å². The Hall–Kier alpha value is -2.83. The largest absolute Gasteiger partial charge is 0.548 e. The van der Waals surface area contributed by atoms with Crippen LogP contribution in [-0.4, -0.2) is 24.5 Å². The SMILES string of the molecule is C[C@@H](Oc1ccc2c3c(c(=O)oc2c1)CCC3)C(=O)NCC(=O)[O-]. The Kier molecular flexibility index (Phi) is 4.24. The van der Waals surface area contributed by atoms with Crippen molar-refractivity contribution in [3.63, 3.8) is 0 Å². The summed E-state index contributed by atoms with van der Waals surface area (Å²) in [6.07, 6.45) is 1.62. The molecule has 0 radical (unpaired) electrons. The number of benzene rings is 1. The molecule has 1 aliphatic rings. The van der Waals surface area contributed by atoms with Crippen LogP contribution in [0.5, 0.6) is 5.75 Å². The standard InChI is InChI=1S/C17H17NO6/c1-9(16(21)18-8-15(19)20)23-10-5-6-12-11-3-2-4-13(11)17(22)24-14(12)7-10/h5-7,9H,2-4,8H2,1H3,(H,18,21)(H,19,20)/p-1/t9-/m1/s1. The van der Waals surface area contributed by atoms with E-state index in [2.05, 4.69) is 5.32 Å². The summed E-state index contributed by atoms with van der Waals surface area (Å²) in [6, 6.07) is 5.07. The minimum Gasteiger partial charge on any atom is -0.548 e. The zero-order valence-electron chi connectivity index (χ0n) is 13.1. The molecule has 0 saturated heterocycles. The summed E-state index contributed by atoms with van der Waals surface area (Å²) in [5, 5.41) is 13.4. The van der Waals surface area contributed by atoms with Gasteiger partial charge in [-0.3, -0.25) is 4.79 Å². The molecule has 7 nitrogen and oxygen atoms in total. The van der Waals surface area contributed by atoms with E-state index in [1.54, 1.807) is 12.1 Å². The highest BCUT2D eigenvalue weighted by Gasteiger charge is 2.20. The quantitative estimate of drug-likeness (QED) is 0.768. The van der Waals surface area contributed by atoms with E-state index in [1.165, 1.54) is 6.92 Å². The van der Waals surface area contributed by atoms with Crippen LogP contribution >= 0.6 is 0 Å². The van der Waals surface area contributed by atoms with Gasteiger partial charge >= 0.3 is 5.63 Å². The highest BCUT2D eigenvalue weighted by atomic mass is 16.5. The fraction of sp³-hybridized carbons (Fsp3) is 0.353. The van der Waals surface area contributed by atoms with Crippen LogP contribution in [0.4, 0.5) is 0 Å². The Morgan fingerprint density at radius 3 is 2.83 bits per heavy atom. The van der Waals surface area contributed by atoms with E-state index >= 15 is 0 Å². The normalized spacial score (nSPS) is 14.2. The molecule has 24 heavy (non-hydrogen) atoms. The molecule has 1 aromatic carbocycles. The number of aryl methyl sites for hydroxylation is 1. The summed E-state index contributed by atoms with van der Waals surface area (Å²) in [5.41, 5.74) is 1.85.